The molecule has 8 nitrogen and oxygen atoms in total. The van der Waals surface area contributed by atoms with Crippen molar-refractivity contribution in [3.05, 3.63) is 29.8 Å². The zero-order chi connectivity index (χ0) is 18.6. The molecule has 0 unspecified atom stereocenters. The van der Waals surface area contributed by atoms with Crippen LogP contribution in [0, 0.1) is 12.8 Å². The molecule has 1 aliphatic rings. The number of anilines is 1. The second kappa shape index (κ2) is 7.78. The molecule has 0 radical (unpaired) electrons. The molecule has 2 atom stereocenters. The molecule has 25 heavy (non-hydrogen) atoms. The lowest BCUT2D eigenvalue weighted by molar-refractivity contribution is -0.158. The topological polar surface area (TPSA) is 102 Å². The van der Waals surface area contributed by atoms with Crippen molar-refractivity contribution in [2.24, 2.45) is 5.92 Å². The molecule has 1 aliphatic heterocycles. The summed E-state index contributed by atoms with van der Waals surface area (Å²) in [5.74, 6) is -2.30. The van der Waals surface area contributed by atoms with Crippen LogP contribution in [0.15, 0.2) is 24.3 Å². The molecule has 1 aromatic carbocycles. The second-order valence-electron chi connectivity index (χ2n) is 5.80. The lowest BCUT2D eigenvalue weighted by Crippen LogP contribution is -2.40. The van der Waals surface area contributed by atoms with E-state index < -0.39 is 30.0 Å². The fourth-order valence-corrected chi connectivity index (χ4v) is 2.42. The van der Waals surface area contributed by atoms with Crippen LogP contribution in [0.4, 0.5) is 10.5 Å². The van der Waals surface area contributed by atoms with Crippen LogP contribution in [0.1, 0.15) is 18.9 Å². The summed E-state index contributed by atoms with van der Waals surface area (Å²) in [7, 11) is 1.11. The van der Waals surface area contributed by atoms with Crippen LogP contribution in [-0.4, -0.2) is 43.6 Å². The van der Waals surface area contributed by atoms with E-state index in [2.05, 4.69) is 4.74 Å². The van der Waals surface area contributed by atoms with Gasteiger partial charge in [-0.2, -0.15) is 0 Å². The molecule has 1 fully saturated rings. The van der Waals surface area contributed by atoms with Gasteiger partial charge in [-0.25, -0.2) is 4.79 Å². The number of benzene rings is 1. The van der Waals surface area contributed by atoms with Crippen molar-refractivity contribution in [1.29, 1.82) is 0 Å². The number of alkyl carbamates (subject to hydrolysis) is 1. The Bertz CT molecular complexity index is 685. The number of ether oxygens (including phenoxy) is 2. The van der Waals surface area contributed by atoms with Gasteiger partial charge >= 0.3 is 12.1 Å². The predicted octanol–water partition coefficient (Wildman–Crippen LogP) is 1.16. The Balaban J connectivity index is 1.94. The quantitative estimate of drug-likeness (QED) is 0.819. The van der Waals surface area contributed by atoms with Gasteiger partial charge in [0.1, 0.15) is 0 Å². The van der Waals surface area contributed by atoms with Gasteiger partial charge in [-0.3, -0.25) is 19.7 Å². The SMILES string of the molecule is COC(=O)NC(=O)[C@H](C)OC(=O)[C@@H]1CC(=O)N(c2ccc(C)cc2)C1. The van der Waals surface area contributed by atoms with Crippen molar-refractivity contribution in [3.8, 4) is 0 Å². The minimum atomic E-state index is -1.17. The fraction of sp³-hybridized carbons (Fsp3) is 0.412. The highest BCUT2D eigenvalue weighted by molar-refractivity contribution is 6.00. The Hall–Kier alpha value is -2.90. The monoisotopic (exact) mass is 348 g/mol. The molecule has 0 bridgehead atoms. The number of methoxy groups -OCH3 is 1. The number of hydrogen-bond acceptors (Lipinski definition) is 6. The molecule has 0 spiro atoms. The van der Waals surface area contributed by atoms with Gasteiger partial charge in [0.15, 0.2) is 6.10 Å². The number of nitrogens with one attached hydrogen (secondary N) is 1. The van der Waals surface area contributed by atoms with Crippen LogP contribution in [0.2, 0.25) is 0 Å². The summed E-state index contributed by atoms with van der Waals surface area (Å²) < 4.78 is 9.35. The number of hydrogen-bond donors (Lipinski definition) is 1. The third kappa shape index (κ3) is 4.56. The van der Waals surface area contributed by atoms with Gasteiger partial charge in [-0.15, -0.1) is 0 Å². The first kappa shape index (κ1) is 18.4. The molecular weight excluding hydrogens is 328 g/mol. The van der Waals surface area contributed by atoms with Crippen LogP contribution in [0.25, 0.3) is 0 Å². The van der Waals surface area contributed by atoms with E-state index in [1.165, 1.54) is 11.8 Å². The van der Waals surface area contributed by atoms with E-state index in [0.29, 0.717) is 5.69 Å². The van der Waals surface area contributed by atoms with Crippen molar-refractivity contribution >= 4 is 29.6 Å². The highest BCUT2D eigenvalue weighted by Gasteiger charge is 2.37. The number of amides is 3. The lowest BCUT2D eigenvalue weighted by atomic mass is 10.1. The summed E-state index contributed by atoms with van der Waals surface area (Å²) in [5.41, 5.74) is 1.78. The van der Waals surface area contributed by atoms with Crippen molar-refractivity contribution in [1.82, 2.24) is 5.32 Å². The maximum atomic E-state index is 12.2. The number of aryl methyl sites for hydroxylation is 1. The molecule has 0 aliphatic carbocycles. The average molecular weight is 348 g/mol. The van der Waals surface area contributed by atoms with Gasteiger partial charge in [0.25, 0.3) is 5.91 Å². The Kier molecular flexibility index (Phi) is 5.74. The molecular formula is C17H20N2O6. The number of rotatable bonds is 4. The number of imide groups is 1. The maximum Gasteiger partial charge on any atom is 0.413 e. The van der Waals surface area contributed by atoms with E-state index in [4.69, 9.17) is 4.74 Å². The fourth-order valence-electron chi connectivity index (χ4n) is 2.42. The Morgan fingerprint density at radius 2 is 1.88 bits per heavy atom. The molecule has 134 valence electrons. The van der Waals surface area contributed by atoms with Crippen LogP contribution in [-0.2, 0) is 23.9 Å². The Morgan fingerprint density at radius 3 is 2.48 bits per heavy atom. The standard InChI is InChI=1S/C17H20N2O6/c1-10-4-6-13(7-5-10)19-9-12(8-14(19)20)16(22)25-11(2)15(21)18-17(23)24-3/h4-7,11-12H,8-9H2,1-3H3,(H,18,21,23)/t11-,12+/m0/s1. The van der Waals surface area contributed by atoms with E-state index >= 15 is 0 Å². The van der Waals surface area contributed by atoms with Crippen molar-refractivity contribution < 1.29 is 28.7 Å². The van der Waals surface area contributed by atoms with Gasteiger partial charge in [0.05, 0.1) is 13.0 Å². The molecule has 1 aromatic rings. The molecule has 8 heteroatoms. The van der Waals surface area contributed by atoms with Gasteiger partial charge in [0.2, 0.25) is 5.91 Å². The van der Waals surface area contributed by atoms with Crippen LogP contribution >= 0.6 is 0 Å². The molecule has 0 saturated carbocycles. The molecule has 2 rings (SSSR count). The molecule has 1 saturated heterocycles. The number of carbonyl (C=O) groups is 4. The van der Waals surface area contributed by atoms with E-state index in [0.717, 1.165) is 12.7 Å². The highest BCUT2D eigenvalue weighted by atomic mass is 16.6. The third-order valence-electron chi connectivity index (χ3n) is 3.88. The van der Waals surface area contributed by atoms with E-state index in [9.17, 15) is 19.2 Å². The van der Waals surface area contributed by atoms with Crippen LogP contribution < -0.4 is 10.2 Å². The lowest BCUT2D eigenvalue weighted by Gasteiger charge is -2.17. The van der Waals surface area contributed by atoms with E-state index in [1.807, 2.05) is 36.5 Å². The maximum absolute atomic E-state index is 12.2. The second-order valence-corrected chi connectivity index (χ2v) is 5.80. The molecule has 1 heterocycles. The first-order chi connectivity index (χ1) is 11.8. The smallest absolute Gasteiger partial charge is 0.413 e. The molecule has 3 amide bonds. The average Bonchev–Trinajstić information content (AvgIpc) is 2.97. The van der Waals surface area contributed by atoms with Gasteiger partial charge < -0.3 is 14.4 Å². The zero-order valence-electron chi connectivity index (χ0n) is 14.3. The summed E-state index contributed by atoms with van der Waals surface area (Å²) in [4.78, 5) is 48.5. The largest absolute Gasteiger partial charge is 0.453 e. The number of esters is 1. The summed E-state index contributed by atoms with van der Waals surface area (Å²) >= 11 is 0. The number of carbonyl (C=O) groups excluding carboxylic acids is 4. The van der Waals surface area contributed by atoms with Crippen molar-refractivity contribution in [2.75, 3.05) is 18.6 Å². The van der Waals surface area contributed by atoms with Gasteiger partial charge in [0, 0.05) is 18.7 Å². The van der Waals surface area contributed by atoms with Gasteiger partial charge in [-0.1, -0.05) is 17.7 Å². The molecule has 0 aromatic heterocycles. The van der Waals surface area contributed by atoms with E-state index in [-0.39, 0.29) is 18.9 Å². The van der Waals surface area contributed by atoms with E-state index in [1.54, 1.807) is 0 Å². The summed E-state index contributed by atoms with van der Waals surface area (Å²) in [5, 5.41) is 1.92. The summed E-state index contributed by atoms with van der Waals surface area (Å²) in [6.07, 6.45) is -2.09. The third-order valence-corrected chi connectivity index (χ3v) is 3.88. The summed E-state index contributed by atoms with van der Waals surface area (Å²) in [6, 6.07) is 7.39. The summed E-state index contributed by atoms with van der Waals surface area (Å²) in [6.45, 7) is 3.47. The number of nitrogens with zero attached hydrogens (tertiary/aromatic N) is 1. The van der Waals surface area contributed by atoms with Crippen LogP contribution in [0.5, 0.6) is 0 Å². The normalized spacial score (nSPS) is 17.8. The zero-order valence-corrected chi connectivity index (χ0v) is 14.3. The van der Waals surface area contributed by atoms with Crippen molar-refractivity contribution in [3.63, 3.8) is 0 Å². The first-order valence-electron chi connectivity index (χ1n) is 7.78. The highest BCUT2D eigenvalue weighted by Crippen LogP contribution is 2.26. The molecule has 1 N–H and O–H groups in total. The van der Waals surface area contributed by atoms with Crippen LogP contribution in [0.3, 0.4) is 0 Å². The minimum Gasteiger partial charge on any atom is -0.453 e. The van der Waals surface area contributed by atoms with Gasteiger partial charge in [-0.05, 0) is 26.0 Å². The predicted molar refractivity (Wildman–Crippen MR) is 87.7 cm³/mol. The Morgan fingerprint density at radius 1 is 1.24 bits per heavy atom. The Labute approximate surface area is 145 Å². The first-order valence-corrected chi connectivity index (χ1v) is 7.78. The van der Waals surface area contributed by atoms with Crippen molar-refractivity contribution in [2.45, 2.75) is 26.4 Å². The minimum absolute atomic E-state index is 0.0120.